The summed E-state index contributed by atoms with van der Waals surface area (Å²) in [4.78, 5) is 18.4. The number of hydrogen-bond acceptors (Lipinski definition) is 10. The molecule has 0 spiro atoms. The first-order chi connectivity index (χ1) is 20.9. The third-order valence-electron chi connectivity index (χ3n) is 9.00. The summed E-state index contributed by atoms with van der Waals surface area (Å²) in [6.45, 7) is 6.07. The number of nitrogens with two attached hydrogens (primary N) is 1. The Bertz CT molecular complexity index is 1730. The van der Waals surface area contributed by atoms with Gasteiger partial charge in [0.15, 0.2) is 10.9 Å². The molecule has 2 unspecified atom stereocenters. The number of rotatable bonds is 7. The van der Waals surface area contributed by atoms with Crippen LogP contribution in [0.1, 0.15) is 25.7 Å². The average molecular weight is 629 g/mol. The van der Waals surface area contributed by atoms with Crippen LogP contribution in [0.15, 0.2) is 18.2 Å². The third-order valence-corrected chi connectivity index (χ3v) is 10.2. The molecule has 0 bridgehead atoms. The molecule has 2 N–H and O–H groups in total. The van der Waals surface area contributed by atoms with Crippen molar-refractivity contribution in [3.63, 3.8) is 0 Å². The van der Waals surface area contributed by atoms with Gasteiger partial charge < -0.3 is 24.8 Å². The number of benzene rings is 2. The molecule has 4 aliphatic rings. The van der Waals surface area contributed by atoms with Crippen molar-refractivity contribution in [1.82, 2.24) is 19.9 Å². The molecule has 2 saturated carbocycles. The van der Waals surface area contributed by atoms with Crippen LogP contribution in [0, 0.1) is 17.0 Å². The van der Waals surface area contributed by atoms with Gasteiger partial charge in [-0.05, 0) is 43.9 Å². The van der Waals surface area contributed by atoms with Crippen LogP contribution in [-0.2, 0) is 9.47 Å². The van der Waals surface area contributed by atoms with E-state index in [0.717, 1.165) is 69.9 Å². The second kappa shape index (κ2) is 10.6. The maximum Gasteiger partial charge on any atom is 0.319 e. The van der Waals surface area contributed by atoms with Gasteiger partial charge in [-0.2, -0.15) is 9.97 Å². The Kier molecular flexibility index (Phi) is 6.83. The number of halogens is 3. The molecule has 9 nitrogen and oxygen atoms in total. The Morgan fingerprint density at radius 2 is 1.93 bits per heavy atom. The van der Waals surface area contributed by atoms with Crippen molar-refractivity contribution in [1.29, 1.82) is 0 Å². The zero-order valence-corrected chi connectivity index (χ0v) is 25.0. The van der Waals surface area contributed by atoms with E-state index in [1.54, 1.807) is 6.07 Å². The number of nitrogen functional groups attached to an aromatic ring is 1. The Hall–Kier alpha value is -2.90. The van der Waals surface area contributed by atoms with Crippen LogP contribution in [0.4, 0.5) is 19.7 Å². The van der Waals surface area contributed by atoms with Crippen LogP contribution in [0.2, 0.25) is 5.02 Å². The van der Waals surface area contributed by atoms with E-state index in [9.17, 15) is 4.39 Å². The number of fused-ring (bicyclic) bond motifs is 3. The second-order valence-corrected chi connectivity index (χ2v) is 13.5. The van der Waals surface area contributed by atoms with Crippen molar-refractivity contribution in [2.24, 2.45) is 5.41 Å². The fourth-order valence-corrected chi connectivity index (χ4v) is 7.48. The first kappa shape index (κ1) is 27.6. The van der Waals surface area contributed by atoms with E-state index in [0.29, 0.717) is 36.5 Å². The lowest BCUT2D eigenvalue weighted by atomic mass is 10.0. The summed E-state index contributed by atoms with van der Waals surface area (Å²) >= 11 is 7.82. The number of nitrogens with zero attached hydrogens (tertiary/aromatic N) is 5. The highest BCUT2D eigenvalue weighted by atomic mass is 35.5. The Balaban J connectivity index is 1.22. The van der Waals surface area contributed by atoms with E-state index in [1.165, 1.54) is 12.1 Å². The summed E-state index contributed by atoms with van der Waals surface area (Å²) in [6, 6.07) is 4.75. The average Bonchev–Trinajstić information content (AvgIpc) is 3.90. The van der Waals surface area contributed by atoms with Crippen molar-refractivity contribution in [3.05, 3.63) is 34.9 Å². The molecule has 4 aromatic rings. The van der Waals surface area contributed by atoms with E-state index in [1.807, 2.05) is 0 Å². The van der Waals surface area contributed by atoms with Crippen LogP contribution in [0.3, 0.4) is 0 Å². The molecule has 13 heteroatoms. The molecule has 8 rings (SSSR count). The first-order valence-electron chi connectivity index (χ1n) is 14.7. The van der Waals surface area contributed by atoms with Gasteiger partial charge in [0.25, 0.3) is 0 Å². The summed E-state index contributed by atoms with van der Waals surface area (Å²) in [5.41, 5.74) is 6.74. The third kappa shape index (κ3) is 5.06. The van der Waals surface area contributed by atoms with E-state index in [4.69, 9.17) is 36.5 Å². The van der Waals surface area contributed by atoms with Gasteiger partial charge in [0.1, 0.15) is 17.2 Å². The van der Waals surface area contributed by atoms with E-state index in [-0.39, 0.29) is 55.0 Å². The predicted octanol–water partition coefficient (Wildman–Crippen LogP) is 5.28. The largest absolute Gasteiger partial charge is 0.463 e. The summed E-state index contributed by atoms with van der Waals surface area (Å²) < 4.78 is 49.3. The predicted molar refractivity (Wildman–Crippen MR) is 162 cm³/mol. The molecule has 226 valence electrons. The van der Waals surface area contributed by atoms with Gasteiger partial charge >= 0.3 is 6.01 Å². The van der Waals surface area contributed by atoms with Crippen molar-refractivity contribution in [3.8, 4) is 17.1 Å². The normalized spacial score (nSPS) is 23.4. The van der Waals surface area contributed by atoms with Crippen LogP contribution in [0.25, 0.3) is 32.2 Å². The van der Waals surface area contributed by atoms with Gasteiger partial charge in [0.05, 0.1) is 47.2 Å². The standard InChI is InChI=1S/C30H31ClF2N6O3S/c31-18-12-17-24(23(33)22(18)16-2-3-19(32)26-25(16)35-28(34)43-26)36-29(37-27(17)39-6-1-9-41-21-13-20(21)39)42-15-30(4-5-30)14-38-7-10-40-11-8-38/h2-3,12,20-21H,1,4-11,13-15H2,(H2,34,35). The van der Waals surface area contributed by atoms with Gasteiger partial charge in [-0.1, -0.05) is 22.9 Å². The van der Waals surface area contributed by atoms with Crippen LogP contribution in [-0.4, -0.2) is 84.6 Å². The highest BCUT2D eigenvalue weighted by molar-refractivity contribution is 7.22. The van der Waals surface area contributed by atoms with Gasteiger partial charge in [-0.25, -0.2) is 13.8 Å². The topological polar surface area (TPSA) is 98.9 Å². The first-order valence-corrected chi connectivity index (χ1v) is 15.9. The zero-order valence-electron chi connectivity index (χ0n) is 23.5. The van der Waals surface area contributed by atoms with Crippen LogP contribution < -0.4 is 15.4 Å². The maximum atomic E-state index is 16.7. The molecule has 2 aliphatic heterocycles. The Labute approximate surface area is 255 Å². The maximum absolute atomic E-state index is 16.7. The van der Waals surface area contributed by atoms with Crippen molar-refractivity contribution < 1.29 is 23.0 Å². The van der Waals surface area contributed by atoms with Gasteiger partial charge in [-0.3, -0.25) is 4.90 Å². The number of hydrogen-bond donors (Lipinski definition) is 1. The monoisotopic (exact) mass is 628 g/mol. The molecule has 2 aromatic carbocycles. The fourth-order valence-electron chi connectivity index (χ4n) is 6.43. The molecule has 4 heterocycles. The summed E-state index contributed by atoms with van der Waals surface area (Å²) in [5.74, 6) is -0.520. The van der Waals surface area contributed by atoms with Crippen molar-refractivity contribution in [2.45, 2.75) is 37.8 Å². The van der Waals surface area contributed by atoms with Crippen LogP contribution >= 0.6 is 22.9 Å². The molecule has 4 fully saturated rings. The van der Waals surface area contributed by atoms with Gasteiger partial charge in [0, 0.05) is 54.7 Å². The minimum Gasteiger partial charge on any atom is -0.463 e. The second-order valence-electron chi connectivity index (χ2n) is 12.0. The molecule has 2 atom stereocenters. The molecule has 2 aliphatic carbocycles. The summed E-state index contributed by atoms with van der Waals surface area (Å²) in [5, 5.41) is 0.841. The number of ether oxygens (including phenoxy) is 3. The quantitative estimate of drug-likeness (QED) is 0.293. The van der Waals surface area contributed by atoms with Crippen molar-refractivity contribution in [2.75, 3.05) is 63.2 Å². The highest BCUT2D eigenvalue weighted by Crippen LogP contribution is 2.48. The highest BCUT2D eigenvalue weighted by Gasteiger charge is 2.47. The lowest BCUT2D eigenvalue weighted by Crippen LogP contribution is -2.41. The van der Waals surface area contributed by atoms with Crippen LogP contribution in [0.5, 0.6) is 6.01 Å². The van der Waals surface area contributed by atoms with E-state index >= 15 is 4.39 Å². The van der Waals surface area contributed by atoms with Crippen molar-refractivity contribution >= 4 is 55.0 Å². The number of aromatic nitrogens is 3. The minimum absolute atomic E-state index is 0.0296. The minimum atomic E-state index is -0.636. The molecule has 2 aromatic heterocycles. The zero-order chi connectivity index (χ0) is 29.3. The van der Waals surface area contributed by atoms with E-state index < -0.39 is 11.6 Å². The molecule has 43 heavy (non-hydrogen) atoms. The summed E-state index contributed by atoms with van der Waals surface area (Å²) in [6.07, 6.45) is 3.96. The number of morpholine rings is 1. The molecular formula is C30H31ClF2N6O3S. The molecule has 0 amide bonds. The number of anilines is 2. The molecule has 2 saturated heterocycles. The van der Waals surface area contributed by atoms with Gasteiger partial charge in [0.2, 0.25) is 0 Å². The fraction of sp³-hybridized carbons (Fsp3) is 0.500. The molecular weight excluding hydrogens is 598 g/mol. The Morgan fingerprint density at radius 3 is 2.74 bits per heavy atom. The van der Waals surface area contributed by atoms with Gasteiger partial charge in [-0.15, -0.1) is 0 Å². The lowest BCUT2D eigenvalue weighted by molar-refractivity contribution is 0.0231. The molecule has 0 radical (unpaired) electrons. The van der Waals surface area contributed by atoms with E-state index in [2.05, 4.69) is 19.8 Å². The Morgan fingerprint density at radius 1 is 1.09 bits per heavy atom. The summed E-state index contributed by atoms with van der Waals surface area (Å²) in [7, 11) is 0. The SMILES string of the molecule is Nc1nc2c(-c3c(Cl)cc4c(N5CCCOC6CC65)nc(OCC5(CN6CCOCC6)CC5)nc4c3F)ccc(F)c2s1. The smallest absolute Gasteiger partial charge is 0.319 e. The lowest BCUT2D eigenvalue weighted by Gasteiger charge is -2.30. The number of thiazole rings is 1.